The predicted molar refractivity (Wildman–Crippen MR) is 134 cm³/mol. The number of benzene rings is 2. The van der Waals surface area contributed by atoms with Crippen molar-refractivity contribution < 1.29 is 9.72 Å². The van der Waals surface area contributed by atoms with Gasteiger partial charge in [-0.15, -0.1) is 11.3 Å². The number of pyridine rings is 1. The highest BCUT2D eigenvalue weighted by atomic mass is 32.2. The first-order chi connectivity index (χ1) is 15.7. The number of thioether (sulfide) groups is 1. The number of amides is 1. The van der Waals surface area contributed by atoms with Gasteiger partial charge in [0.1, 0.15) is 0 Å². The number of aromatic nitrogens is 2. The van der Waals surface area contributed by atoms with Gasteiger partial charge in [0.2, 0.25) is 5.91 Å². The van der Waals surface area contributed by atoms with Gasteiger partial charge in [0.15, 0.2) is 5.13 Å². The van der Waals surface area contributed by atoms with Gasteiger partial charge in [-0.25, -0.2) is 9.97 Å². The fourth-order valence-electron chi connectivity index (χ4n) is 3.56. The number of nitro groups is 1. The number of hydrogen-bond donors (Lipinski definition) is 1. The Morgan fingerprint density at radius 3 is 2.67 bits per heavy atom. The number of nitrogens with zero attached hydrogens (tertiary/aromatic N) is 3. The van der Waals surface area contributed by atoms with Crippen LogP contribution in [-0.4, -0.2) is 26.0 Å². The summed E-state index contributed by atoms with van der Waals surface area (Å²) < 4.78 is 0. The summed E-state index contributed by atoms with van der Waals surface area (Å²) in [6.45, 7) is 8.01. The number of nitro benzene ring substituents is 1. The number of hydrogen-bond acceptors (Lipinski definition) is 7. The molecule has 2 aromatic carbocycles. The fraction of sp³-hybridized carbons (Fsp3) is 0.208. The van der Waals surface area contributed by atoms with Crippen LogP contribution in [0.15, 0.2) is 52.9 Å². The molecule has 0 fully saturated rings. The molecular formula is C24H22N4O3S2. The lowest BCUT2D eigenvalue weighted by molar-refractivity contribution is -0.384. The van der Waals surface area contributed by atoms with Crippen LogP contribution in [0.2, 0.25) is 0 Å². The summed E-state index contributed by atoms with van der Waals surface area (Å²) in [4.78, 5) is 32.6. The first-order valence-electron chi connectivity index (χ1n) is 10.3. The normalized spacial score (nSPS) is 12.0. The lowest BCUT2D eigenvalue weighted by Gasteiger charge is -2.13. The molecule has 4 aromatic rings. The highest BCUT2D eigenvalue weighted by molar-refractivity contribution is 8.00. The van der Waals surface area contributed by atoms with Gasteiger partial charge in [-0.2, -0.15) is 0 Å². The van der Waals surface area contributed by atoms with Crippen LogP contribution in [0.3, 0.4) is 0 Å². The molecule has 7 nitrogen and oxygen atoms in total. The lowest BCUT2D eigenvalue weighted by Crippen LogP contribution is -2.22. The van der Waals surface area contributed by atoms with E-state index in [4.69, 9.17) is 4.98 Å². The molecule has 1 amide bonds. The number of carbonyl (C=O) groups excluding carboxylic acids is 1. The Hall–Kier alpha value is -3.30. The Balaban J connectivity index is 1.48. The molecule has 2 aromatic heterocycles. The lowest BCUT2D eigenvalue weighted by atomic mass is 10.0. The predicted octanol–water partition coefficient (Wildman–Crippen LogP) is 6.31. The number of thiazole rings is 1. The van der Waals surface area contributed by atoms with Crippen LogP contribution < -0.4 is 5.32 Å². The number of nitrogens with one attached hydrogen (secondary N) is 1. The van der Waals surface area contributed by atoms with Crippen molar-refractivity contribution in [2.24, 2.45) is 0 Å². The molecule has 168 valence electrons. The fourth-order valence-corrected chi connectivity index (χ4v) is 5.20. The summed E-state index contributed by atoms with van der Waals surface area (Å²) in [7, 11) is 0. The molecular weight excluding hydrogens is 456 g/mol. The van der Waals surface area contributed by atoms with Gasteiger partial charge >= 0.3 is 0 Å². The number of fused-ring (bicyclic) bond motifs is 1. The summed E-state index contributed by atoms with van der Waals surface area (Å²) >= 11 is 2.68. The van der Waals surface area contributed by atoms with Crippen LogP contribution in [0.25, 0.3) is 22.2 Å². The van der Waals surface area contributed by atoms with Crippen LogP contribution in [0.1, 0.15) is 23.6 Å². The summed E-state index contributed by atoms with van der Waals surface area (Å²) in [5.41, 5.74) is 5.61. The van der Waals surface area contributed by atoms with Crippen LogP contribution in [-0.2, 0) is 4.79 Å². The Morgan fingerprint density at radius 1 is 1.12 bits per heavy atom. The van der Waals surface area contributed by atoms with E-state index in [2.05, 4.69) is 36.3 Å². The highest BCUT2D eigenvalue weighted by Crippen LogP contribution is 2.31. The van der Waals surface area contributed by atoms with Crippen molar-refractivity contribution in [3.8, 4) is 11.3 Å². The van der Waals surface area contributed by atoms with Gasteiger partial charge in [0.05, 0.1) is 26.4 Å². The molecule has 0 aliphatic carbocycles. The van der Waals surface area contributed by atoms with E-state index in [-0.39, 0.29) is 16.8 Å². The first-order valence-corrected chi connectivity index (χ1v) is 12.0. The summed E-state index contributed by atoms with van der Waals surface area (Å²) in [5.74, 6) is -0.180. The van der Waals surface area contributed by atoms with E-state index in [1.54, 1.807) is 17.5 Å². The topological polar surface area (TPSA) is 98.0 Å². The summed E-state index contributed by atoms with van der Waals surface area (Å²) in [6.07, 6.45) is 0. The second-order valence-electron chi connectivity index (χ2n) is 7.85. The molecule has 0 aliphatic heterocycles. The monoisotopic (exact) mass is 478 g/mol. The molecule has 0 spiro atoms. The molecule has 4 rings (SSSR count). The molecule has 2 heterocycles. The van der Waals surface area contributed by atoms with Gasteiger partial charge in [-0.3, -0.25) is 14.9 Å². The second kappa shape index (κ2) is 9.29. The van der Waals surface area contributed by atoms with E-state index in [9.17, 15) is 14.9 Å². The van der Waals surface area contributed by atoms with Gasteiger partial charge in [-0.05, 0) is 51.0 Å². The minimum absolute atomic E-state index is 0.000293. The zero-order valence-corrected chi connectivity index (χ0v) is 20.2. The third-order valence-electron chi connectivity index (χ3n) is 5.19. The van der Waals surface area contributed by atoms with Crippen molar-refractivity contribution >= 4 is 50.7 Å². The largest absolute Gasteiger partial charge is 0.301 e. The molecule has 1 N–H and O–H groups in total. The number of non-ortho nitro benzene ring substituents is 1. The molecule has 1 unspecified atom stereocenters. The molecule has 0 saturated carbocycles. The summed E-state index contributed by atoms with van der Waals surface area (Å²) in [6, 6.07) is 12.5. The van der Waals surface area contributed by atoms with Crippen molar-refractivity contribution in [3.05, 3.63) is 74.6 Å². The van der Waals surface area contributed by atoms with Crippen molar-refractivity contribution in [1.29, 1.82) is 0 Å². The standard InChI is InChI=1S/C24H22N4O3S2/c1-13-8-15(3)22-19(9-13)14(2)10-21(26-22)33-16(4)23(29)27-24-25-20(12-32-24)17-6-5-7-18(11-17)28(30)31/h5-12,16H,1-4H3,(H,25,27,29). The van der Waals surface area contributed by atoms with Gasteiger partial charge < -0.3 is 5.32 Å². The molecule has 9 heteroatoms. The van der Waals surface area contributed by atoms with Gasteiger partial charge in [0, 0.05) is 28.5 Å². The minimum Gasteiger partial charge on any atom is -0.301 e. The zero-order valence-electron chi connectivity index (χ0n) is 18.6. The quantitative estimate of drug-likeness (QED) is 0.198. The summed E-state index contributed by atoms with van der Waals surface area (Å²) in [5, 5.41) is 17.6. The molecule has 1 atom stereocenters. The van der Waals surface area contributed by atoms with Crippen LogP contribution in [0, 0.1) is 30.9 Å². The van der Waals surface area contributed by atoms with E-state index in [0.29, 0.717) is 16.4 Å². The Bertz CT molecular complexity index is 1380. The minimum atomic E-state index is -0.442. The molecule has 0 radical (unpaired) electrons. The number of anilines is 1. The zero-order chi connectivity index (χ0) is 23.7. The second-order valence-corrected chi connectivity index (χ2v) is 10.1. The maximum Gasteiger partial charge on any atom is 0.270 e. The highest BCUT2D eigenvalue weighted by Gasteiger charge is 2.18. The van der Waals surface area contributed by atoms with Crippen molar-refractivity contribution in [2.45, 2.75) is 38.0 Å². The Labute approximate surface area is 199 Å². The van der Waals surface area contributed by atoms with Crippen LogP contribution in [0.5, 0.6) is 0 Å². The Morgan fingerprint density at radius 2 is 1.91 bits per heavy atom. The number of carbonyl (C=O) groups is 1. The van der Waals surface area contributed by atoms with Gasteiger partial charge in [0.25, 0.3) is 5.69 Å². The first kappa shape index (κ1) is 22.9. The maximum atomic E-state index is 12.8. The molecule has 0 saturated heterocycles. The molecule has 0 aliphatic rings. The third kappa shape index (κ3) is 5.04. The third-order valence-corrected chi connectivity index (χ3v) is 6.96. The number of aryl methyl sites for hydroxylation is 3. The maximum absolute atomic E-state index is 12.8. The van der Waals surface area contributed by atoms with E-state index >= 15 is 0 Å². The Kier molecular flexibility index (Phi) is 6.44. The SMILES string of the molecule is Cc1cc(C)c2nc(SC(C)C(=O)Nc3nc(-c4cccc([N+](=O)[O-])c4)cs3)cc(C)c2c1. The van der Waals surface area contributed by atoms with E-state index in [1.807, 2.05) is 19.9 Å². The van der Waals surface area contributed by atoms with Gasteiger partial charge in [-0.1, -0.05) is 35.5 Å². The van der Waals surface area contributed by atoms with Crippen molar-refractivity contribution in [3.63, 3.8) is 0 Å². The van der Waals surface area contributed by atoms with Crippen molar-refractivity contribution in [2.75, 3.05) is 5.32 Å². The van der Waals surface area contributed by atoms with E-state index < -0.39 is 4.92 Å². The average Bonchev–Trinajstić information content (AvgIpc) is 3.23. The van der Waals surface area contributed by atoms with Crippen LogP contribution in [0.4, 0.5) is 10.8 Å². The average molecular weight is 479 g/mol. The molecule has 0 bridgehead atoms. The van der Waals surface area contributed by atoms with E-state index in [0.717, 1.165) is 27.1 Å². The van der Waals surface area contributed by atoms with Crippen LogP contribution >= 0.6 is 23.1 Å². The van der Waals surface area contributed by atoms with Crippen molar-refractivity contribution in [1.82, 2.24) is 9.97 Å². The smallest absolute Gasteiger partial charge is 0.270 e. The number of rotatable bonds is 6. The molecule has 33 heavy (non-hydrogen) atoms. The van der Waals surface area contributed by atoms with E-state index in [1.165, 1.54) is 40.8 Å².